The summed E-state index contributed by atoms with van der Waals surface area (Å²) in [6, 6.07) is 3.90. The van der Waals surface area contributed by atoms with Gasteiger partial charge in [0.1, 0.15) is 12.7 Å². The minimum absolute atomic E-state index is 0.0100. The summed E-state index contributed by atoms with van der Waals surface area (Å²) in [5.74, 6) is -0.164. The molecule has 246 valence electrons. The second-order valence-electron chi connectivity index (χ2n) is 15.0. The van der Waals surface area contributed by atoms with E-state index in [-0.39, 0.29) is 41.7 Å². The van der Waals surface area contributed by atoms with Crippen LogP contribution in [-0.2, 0) is 25.5 Å². The molecule has 10 nitrogen and oxygen atoms in total. The maximum absolute atomic E-state index is 12.7. The molecular weight excluding hydrogens is 576 g/mol. The molecule has 0 radical (unpaired) electrons. The van der Waals surface area contributed by atoms with Crippen molar-refractivity contribution in [2.24, 2.45) is 33.6 Å². The highest BCUT2D eigenvalue weighted by atomic mass is 16.7. The second kappa shape index (κ2) is 11.5. The third-order valence-electron chi connectivity index (χ3n) is 13.0. The fourth-order valence-corrected chi connectivity index (χ4v) is 10.6. The molecule has 4 aliphatic carbocycles. The third-order valence-corrected chi connectivity index (χ3v) is 13.0. The number of aliphatic hydroxyl groups excluding tert-OH is 2. The van der Waals surface area contributed by atoms with Crippen molar-refractivity contribution in [1.29, 1.82) is 0 Å². The quantitative estimate of drug-likeness (QED) is 0.212. The van der Waals surface area contributed by atoms with Crippen molar-refractivity contribution >= 4 is 12.2 Å². The van der Waals surface area contributed by atoms with Crippen molar-refractivity contribution in [3.8, 4) is 0 Å². The van der Waals surface area contributed by atoms with Gasteiger partial charge in [-0.2, -0.15) is 0 Å². The molecule has 6 aliphatic rings. The van der Waals surface area contributed by atoms with Gasteiger partial charge in [-0.15, -0.1) is 0 Å². The van der Waals surface area contributed by atoms with Gasteiger partial charge >= 0.3 is 5.97 Å². The molecule has 0 unspecified atom stereocenters. The summed E-state index contributed by atoms with van der Waals surface area (Å²) in [4.78, 5) is 21.1. The van der Waals surface area contributed by atoms with Crippen molar-refractivity contribution in [3.63, 3.8) is 0 Å². The third kappa shape index (κ3) is 5.02. The molecule has 4 N–H and O–H groups in total. The Labute approximate surface area is 264 Å². The van der Waals surface area contributed by atoms with Crippen molar-refractivity contribution in [1.82, 2.24) is 4.98 Å². The van der Waals surface area contributed by atoms with Crippen molar-refractivity contribution < 1.29 is 39.4 Å². The van der Waals surface area contributed by atoms with E-state index in [0.717, 1.165) is 30.4 Å². The molecule has 0 spiro atoms. The minimum Gasteiger partial charge on any atom is -0.458 e. The van der Waals surface area contributed by atoms with E-state index in [4.69, 9.17) is 19.2 Å². The molecule has 0 bridgehead atoms. The number of pyridine rings is 1. The van der Waals surface area contributed by atoms with Gasteiger partial charge in [-0.3, -0.25) is 9.98 Å². The number of esters is 1. The van der Waals surface area contributed by atoms with Crippen LogP contribution in [-0.4, -0.2) is 86.1 Å². The van der Waals surface area contributed by atoms with Crippen LogP contribution < -0.4 is 0 Å². The molecule has 12 atom stereocenters. The normalized spacial score (nSPS) is 48.0. The fraction of sp³-hybridized carbons (Fsp3) is 0.743. The van der Waals surface area contributed by atoms with E-state index < -0.39 is 41.2 Å². The lowest BCUT2D eigenvalue weighted by atomic mass is 9.41. The van der Waals surface area contributed by atoms with Crippen LogP contribution in [0.25, 0.3) is 0 Å². The van der Waals surface area contributed by atoms with Crippen molar-refractivity contribution in [3.05, 3.63) is 41.7 Å². The highest BCUT2D eigenvalue weighted by Crippen LogP contribution is 2.70. The van der Waals surface area contributed by atoms with Crippen LogP contribution in [0.15, 0.2) is 41.2 Å². The number of nitrogens with zero attached hydrogens (tertiary/aromatic N) is 2. The molecule has 0 aromatic carbocycles. The SMILES string of the molecule is C[C@H]1O[C@@H](O[C@H]2CC[C@]3(C=NCc4ccncc4)[C@@H]4CC[C@]5(C)[C@H](C6=CC(=O)OC6)CC[C@]5(O)[C@H]4CC[C@@]3(O)C2)C[C@H](O)[C@H]1O. The summed E-state index contributed by atoms with van der Waals surface area (Å²) in [7, 11) is 0. The van der Waals surface area contributed by atoms with E-state index in [1.807, 2.05) is 18.3 Å². The van der Waals surface area contributed by atoms with Crippen LogP contribution in [0.4, 0.5) is 0 Å². The number of hydrogen-bond acceptors (Lipinski definition) is 10. The van der Waals surface area contributed by atoms with Crippen LogP contribution >= 0.6 is 0 Å². The van der Waals surface area contributed by atoms with E-state index in [9.17, 15) is 25.2 Å². The number of aliphatic hydroxyl groups is 4. The molecule has 2 aliphatic heterocycles. The first-order chi connectivity index (χ1) is 21.5. The smallest absolute Gasteiger partial charge is 0.331 e. The first kappa shape index (κ1) is 31.4. The highest BCUT2D eigenvalue weighted by Gasteiger charge is 2.71. The average molecular weight is 625 g/mol. The van der Waals surface area contributed by atoms with Gasteiger partial charge in [0.25, 0.3) is 0 Å². The Morgan fingerprint density at radius 3 is 2.58 bits per heavy atom. The lowest BCUT2D eigenvalue weighted by Gasteiger charge is -2.66. The summed E-state index contributed by atoms with van der Waals surface area (Å²) in [6.45, 7) is 4.73. The summed E-state index contributed by atoms with van der Waals surface area (Å²) in [6.07, 6.45) is 10.2. The zero-order valence-corrected chi connectivity index (χ0v) is 26.4. The Morgan fingerprint density at radius 2 is 1.84 bits per heavy atom. The lowest BCUT2D eigenvalue weighted by molar-refractivity contribution is -0.282. The van der Waals surface area contributed by atoms with E-state index in [0.29, 0.717) is 51.7 Å². The molecule has 1 aromatic heterocycles. The first-order valence-electron chi connectivity index (χ1n) is 16.9. The molecule has 0 amide bonds. The van der Waals surface area contributed by atoms with E-state index in [2.05, 4.69) is 11.9 Å². The second-order valence-corrected chi connectivity index (χ2v) is 15.0. The van der Waals surface area contributed by atoms with Gasteiger partial charge < -0.3 is 34.6 Å². The highest BCUT2D eigenvalue weighted by molar-refractivity contribution is 5.85. The molecule has 4 saturated carbocycles. The zero-order chi connectivity index (χ0) is 31.6. The molecular formula is C35H48N2O8. The maximum Gasteiger partial charge on any atom is 0.331 e. The number of cyclic esters (lactones) is 1. The number of aromatic nitrogens is 1. The standard InChI is InChI=1S/C35H48N2O8/c1-21-31(40)28(38)16-30(44-21)45-24-3-10-33(20-37-18-22-7-13-36-14-8-22)26-4-9-32(2)25(23-15-29(39)43-19-23)6-12-35(32,42)27(26)5-11-34(33,41)17-24/h7-8,13-15,20-21,24-28,30-31,38,40-42H,3-6,9-12,16-19H2,1-2H3/t21-,24+,25+,26-,27+,28+,30+,31+,32-,33+,34-,35+/m1/s1. The summed E-state index contributed by atoms with van der Waals surface area (Å²) < 4.78 is 17.5. The number of carbonyl (C=O) groups excluding carboxylic acids is 1. The Balaban J connectivity index is 1.17. The number of rotatable bonds is 6. The van der Waals surface area contributed by atoms with E-state index in [1.165, 1.54) is 0 Å². The average Bonchev–Trinajstić information content (AvgIpc) is 3.56. The fourth-order valence-electron chi connectivity index (χ4n) is 10.6. The van der Waals surface area contributed by atoms with Gasteiger partial charge in [0.15, 0.2) is 6.29 Å². The van der Waals surface area contributed by atoms with Crippen LogP contribution in [0.2, 0.25) is 0 Å². The lowest BCUT2D eigenvalue weighted by Crippen LogP contribution is -2.69. The largest absolute Gasteiger partial charge is 0.458 e. The van der Waals surface area contributed by atoms with Crippen LogP contribution in [0.1, 0.15) is 83.6 Å². The van der Waals surface area contributed by atoms with Crippen LogP contribution in [0, 0.1) is 28.6 Å². The first-order valence-corrected chi connectivity index (χ1v) is 16.9. The van der Waals surface area contributed by atoms with Gasteiger partial charge in [0.2, 0.25) is 0 Å². The Morgan fingerprint density at radius 1 is 1.07 bits per heavy atom. The van der Waals surface area contributed by atoms with E-state index in [1.54, 1.807) is 25.4 Å². The van der Waals surface area contributed by atoms with Gasteiger partial charge in [0, 0.05) is 48.4 Å². The minimum atomic E-state index is -1.09. The number of fused-ring (bicyclic) bond motifs is 5. The van der Waals surface area contributed by atoms with E-state index >= 15 is 0 Å². The molecule has 3 heterocycles. The predicted octanol–water partition coefficient (Wildman–Crippen LogP) is 3.25. The molecule has 1 aromatic rings. The molecule has 10 heteroatoms. The number of carbonyl (C=O) groups is 1. The Bertz CT molecular complexity index is 1330. The van der Waals surface area contributed by atoms with Gasteiger partial charge in [-0.05, 0) is 99.3 Å². The summed E-state index contributed by atoms with van der Waals surface area (Å²) in [5.41, 5.74) is -0.971. The predicted molar refractivity (Wildman–Crippen MR) is 164 cm³/mol. The van der Waals surface area contributed by atoms with Gasteiger partial charge in [-0.1, -0.05) is 6.92 Å². The monoisotopic (exact) mass is 624 g/mol. The number of aliphatic imine (C=N–C) groups is 1. The Kier molecular flexibility index (Phi) is 8.02. The summed E-state index contributed by atoms with van der Waals surface area (Å²) >= 11 is 0. The topological polar surface area (TPSA) is 151 Å². The summed E-state index contributed by atoms with van der Waals surface area (Å²) in [5, 5.41) is 45.9. The van der Waals surface area contributed by atoms with Crippen LogP contribution in [0.3, 0.4) is 0 Å². The molecule has 5 fully saturated rings. The number of ether oxygens (including phenoxy) is 3. The maximum atomic E-state index is 12.7. The Hall–Kier alpha value is -2.21. The van der Waals surface area contributed by atoms with Gasteiger partial charge in [-0.25, -0.2) is 4.79 Å². The number of hydrogen-bond donors (Lipinski definition) is 4. The zero-order valence-electron chi connectivity index (χ0n) is 26.4. The van der Waals surface area contributed by atoms with Crippen molar-refractivity contribution in [2.75, 3.05) is 6.61 Å². The van der Waals surface area contributed by atoms with Crippen molar-refractivity contribution in [2.45, 2.75) is 127 Å². The molecule has 1 saturated heterocycles. The van der Waals surface area contributed by atoms with Gasteiger partial charge in [0.05, 0.1) is 36.1 Å². The molecule has 45 heavy (non-hydrogen) atoms. The van der Waals surface area contributed by atoms with Crippen LogP contribution in [0.5, 0.6) is 0 Å². The molecule has 7 rings (SSSR count).